The summed E-state index contributed by atoms with van der Waals surface area (Å²) in [5.41, 5.74) is 0.701. The van der Waals surface area contributed by atoms with Crippen LogP contribution >= 0.6 is 11.6 Å². The Morgan fingerprint density at radius 1 is 1.44 bits per heavy atom. The van der Waals surface area contributed by atoms with Crippen LogP contribution in [-0.4, -0.2) is 30.4 Å². The number of rotatable bonds is 5. The molecule has 5 nitrogen and oxygen atoms in total. The molecule has 0 aliphatic rings. The molecule has 1 aromatic carbocycles. The summed E-state index contributed by atoms with van der Waals surface area (Å²) in [7, 11) is 2.79. The number of aryl methyl sites for hydroxylation is 1. The molecule has 0 saturated carbocycles. The van der Waals surface area contributed by atoms with Crippen molar-refractivity contribution in [2.24, 2.45) is 0 Å². The number of methoxy groups -OCH3 is 2. The van der Waals surface area contributed by atoms with Crippen molar-refractivity contribution < 1.29 is 24.5 Å². The normalized spacial score (nSPS) is 12.1. The molecule has 0 heterocycles. The molecule has 0 aromatic heterocycles. The van der Waals surface area contributed by atoms with Gasteiger partial charge in [0.05, 0.1) is 24.8 Å². The third kappa shape index (κ3) is 2.52. The minimum Gasteiger partial charge on any atom is -0.493 e. The van der Waals surface area contributed by atoms with Crippen molar-refractivity contribution in [2.45, 2.75) is 19.4 Å². The number of hydrogen-bond donors (Lipinski definition) is 2. The van der Waals surface area contributed by atoms with Crippen molar-refractivity contribution in [3.8, 4) is 11.5 Å². The number of carbonyl (C=O) groups is 1. The SMILES string of the molecule is CCc1cc(OC)c(OC)c(C(O)C(=O)O)c1Cl. The number of hydrogen-bond acceptors (Lipinski definition) is 4. The van der Waals surface area contributed by atoms with Crippen molar-refractivity contribution in [1.82, 2.24) is 0 Å². The highest BCUT2D eigenvalue weighted by atomic mass is 35.5. The summed E-state index contributed by atoms with van der Waals surface area (Å²) in [6.45, 7) is 1.87. The maximum absolute atomic E-state index is 10.9. The van der Waals surface area contributed by atoms with Gasteiger partial charge in [0, 0.05) is 0 Å². The molecule has 6 heteroatoms. The first-order valence-corrected chi connectivity index (χ1v) is 5.69. The van der Waals surface area contributed by atoms with Crippen LogP contribution < -0.4 is 9.47 Å². The van der Waals surface area contributed by atoms with Gasteiger partial charge in [0.1, 0.15) is 0 Å². The van der Waals surface area contributed by atoms with Gasteiger partial charge in [0.2, 0.25) is 0 Å². The molecule has 100 valence electrons. The lowest BCUT2D eigenvalue weighted by molar-refractivity contribution is -0.147. The van der Waals surface area contributed by atoms with E-state index in [0.29, 0.717) is 17.7 Å². The van der Waals surface area contributed by atoms with Crippen molar-refractivity contribution in [1.29, 1.82) is 0 Å². The summed E-state index contributed by atoms with van der Waals surface area (Å²) in [4.78, 5) is 10.9. The molecule has 1 atom stereocenters. The molecular formula is C12H15ClO5. The van der Waals surface area contributed by atoms with E-state index < -0.39 is 12.1 Å². The molecule has 0 amide bonds. The van der Waals surface area contributed by atoms with E-state index in [0.717, 1.165) is 0 Å². The van der Waals surface area contributed by atoms with E-state index in [1.807, 2.05) is 6.92 Å². The lowest BCUT2D eigenvalue weighted by Crippen LogP contribution is -2.13. The topological polar surface area (TPSA) is 76.0 Å². The highest BCUT2D eigenvalue weighted by molar-refractivity contribution is 6.32. The second kappa shape index (κ2) is 5.93. The molecular weight excluding hydrogens is 260 g/mol. The first kappa shape index (κ1) is 14.6. The summed E-state index contributed by atoms with van der Waals surface area (Å²) in [6, 6.07) is 1.67. The van der Waals surface area contributed by atoms with Gasteiger partial charge >= 0.3 is 5.97 Å². The Morgan fingerprint density at radius 3 is 2.44 bits per heavy atom. The first-order valence-electron chi connectivity index (χ1n) is 5.32. The smallest absolute Gasteiger partial charge is 0.337 e. The number of ether oxygens (including phenoxy) is 2. The van der Waals surface area contributed by atoms with Crippen LogP contribution in [0, 0.1) is 0 Å². The molecule has 0 bridgehead atoms. The van der Waals surface area contributed by atoms with Crippen LogP contribution in [-0.2, 0) is 11.2 Å². The van der Waals surface area contributed by atoms with Gasteiger partial charge < -0.3 is 19.7 Å². The quantitative estimate of drug-likeness (QED) is 0.859. The number of carboxylic acid groups (broad SMARTS) is 1. The molecule has 2 N–H and O–H groups in total. The number of aliphatic hydroxyl groups excluding tert-OH is 1. The van der Waals surface area contributed by atoms with Gasteiger partial charge in [-0.05, 0) is 18.1 Å². The van der Waals surface area contributed by atoms with Crippen LogP contribution in [0.1, 0.15) is 24.2 Å². The standard InChI is InChI=1S/C12H15ClO5/c1-4-6-5-7(17-2)11(18-3)8(9(6)13)10(14)12(15)16/h5,10,14H,4H2,1-3H3,(H,15,16). The number of halogens is 1. The zero-order valence-corrected chi connectivity index (χ0v) is 11.1. The molecule has 0 aliphatic heterocycles. The minimum absolute atomic E-state index is 0.0165. The van der Waals surface area contributed by atoms with Crippen LogP contribution in [0.3, 0.4) is 0 Å². The minimum atomic E-state index is -1.76. The summed E-state index contributed by atoms with van der Waals surface area (Å²) >= 11 is 6.10. The molecule has 0 spiro atoms. The molecule has 0 radical (unpaired) electrons. The van der Waals surface area contributed by atoms with Gasteiger partial charge in [0.25, 0.3) is 0 Å². The highest BCUT2D eigenvalue weighted by Crippen LogP contribution is 2.42. The predicted octanol–water partition coefficient (Wildman–Crippen LogP) is 2.04. The van der Waals surface area contributed by atoms with Gasteiger partial charge in [-0.2, -0.15) is 0 Å². The van der Waals surface area contributed by atoms with Gasteiger partial charge in [-0.15, -0.1) is 0 Å². The summed E-state index contributed by atoms with van der Waals surface area (Å²) < 4.78 is 10.2. The van der Waals surface area contributed by atoms with Crippen molar-refractivity contribution >= 4 is 17.6 Å². The van der Waals surface area contributed by atoms with E-state index in [1.54, 1.807) is 6.07 Å². The maximum Gasteiger partial charge on any atom is 0.337 e. The van der Waals surface area contributed by atoms with Crippen molar-refractivity contribution in [3.63, 3.8) is 0 Å². The molecule has 1 aromatic rings. The van der Waals surface area contributed by atoms with Crippen molar-refractivity contribution in [3.05, 3.63) is 22.2 Å². The molecule has 0 saturated heterocycles. The number of carboxylic acids is 1. The van der Waals surface area contributed by atoms with Gasteiger partial charge in [-0.25, -0.2) is 4.79 Å². The monoisotopic (exact) mass is 274 g/mol. The summed E-state index contributed by atoms with van der Waals surface area (Å²) in [6.07, 6.45) is -1.17. The lowest BCUT2D eigenvalue weighted by atomic mass is 10.0. The van der Waals surface area contributed by atoms with E-state index in [9.17, 15) is 9.90 Å². The fraction of sp³-hybridized carbons (Fsp3) is 0.417. The Kier molecular flexibility index (Phi) is 4.81. The Labute approximate surface area is 110 Å². The summed E-state index contributed by atoms with van der Waals surface area (Å²) in [5.74, 6) is -0.922. The van der Waals surface area contributed by atoms with Gasteiger partial charge in [0.15, 0.2) is 17.6 Å². The number of benzene rings is 1. The van der Waals surface area contributed by atoms with Crippen LogP contribution in [0.15, 0.2) is 6.07 Å². The fourth-order valence-corrected chi connectivity index (χ4v) is 2.06. The van der Waals surface area contributed by atoms with Crippen LogP contribution in [0.25, 0.3) is 0 Å². The Balaban J connectivity index is 3.57. The highest BCUT2D eigenvalue weighted by Gasteiger charge is 2.28. The second-order valence-electron chi connectivity index (χ2n) is 3.59. The predicted molar refractivity (Wildman–Crippen MR) is 66.5 cm³/mol. The van der Waals surface area contributed by atoms with Crippen LogP contribution in [0.5, 0.6) is 11.5 Å². The van der Waals surface area contributed by atoms with E-state index in [-0.39, 0.29) is 16.3 Å². The van der Waals surface area contributed by atoms with E-state index in [2.05, 4.69) is 0 Å². The second-order valence-corrected chi connectivity index (χ2v) is 3.97. The average molecular weight is 275 g/mol. The Morgan fingerprint density at radius 2 is 2.06 bits per heavy atom. The molecule has 1 rings (SSSR count). The molecule has 0 aliphatic carbocycles. The Hall–Kier alpha value is -1.46. The number of aliphatic carboxylic acids is 1. The molecule has 0 fully saturated rings. The maximum atomic E-state index is 10.9. The lowest BCUT2D eigenvalue weighted by Gasteiger charge is -2.18. The van der Waals surface area contributed by atoms with E-state index in [1.165, 1.54) is 14.2 Å². The van der Waals surface area contributed by atoms with Gasteiger partial charge in [-0.1, -0.05) is 18.5 Å². The Bertz CT molecular complexity index is 458. The fourth-order valence-electron chi connectivity index (χ4n) is 1.68. The largest absolute Gasteiger partial charge is 0.493 e. The molecule has 18 heavy (non-hydrogen) atoms. The zero-order valence-electron chi connectivity index (χ0n) is 10.4. The van der Waals surface area contributed by atoms with Gasteiger partial charge in [-0.3, -0.25) is 0 Å². The number of aliphatic hydroxyl groups is 1. The molecule has 1 unspecified atom stereocenters. The average Bonchev–Trinajstić information content (AvgIpc) is 2.36. The van der Waals surface area contributed by atoms with Crippen LogP contribution in [0.4, 0.5) is 0 Å². The summed E-state index contributed by atoms with van der Waals surface area (Å²) in [5, 5.41) is 18.8. The van der Waals surface area contributed by atoms with Crippen molar-refractivity contribution in [2.75, 3.05) is 14.2 Å². The third-order valence-corrected chi connectivity index (χ3v) is 3.05. The van der Waals surface area contributed by atoms with E-state index >= 15 is 0 Å². The van der Waals surface area contributed by atoms with E-state index in [4.69, 9.17) is 26.2 Å². The third-order valence-electron chi connectivity index (χ3n) is 2.60. The first-order chi connectivity index (χ1) is 8.47. The zero-order chi connectivity index (χ0) is 13.9. The van der Waals surface area contributed by atoms with Crippen LogP contribution in [0.2, 0.25) is 5.02 Å².